The second-order valence-corrected chi connectivity index (χ2v) is 17.9. The summed E-state index contributed by atoms with van der Waals surface area (Å²) in [5.74, 6) is 1.63. The van der Waals surface area contributed by atoms with Gasteiger partial charge in [0.15, 0.2) is 6.29 Å². The highest BCUT2D eigenvalue weighted by Gasteiger charge is 2.37. The van der Waals surface area contributed by atoms with E-state index < -0.39 is 43.4 Å². The molecule has 7 atom stereocenters. The second-order valence-electron chi connectivity index (χ2n) is 17.5. The number of hydrogen-bond donors (Lipinski definition) is 6. The summed E-state index contributed by atoms with van der Waals surface area (Å²) in [6, 6.07) is -0.594. The molecule has 1 heterocycles. The molecule has 58 heavy (non-hydrogen) atoms. The van der Waals surface area contributed by atoms with E-state index in [1.165, 1.54) is 161 Å². The maximum absolute atomic E-state index is 13.0. The fourth-order valence-electron chi connectivity index (χ4n) is 8.01. The van der Waals surface area contributed by atoms with E-state index in [4.69, 9.17) is 9.47 Å². The van der Waals surface area contributed by atoms with Gasteiger partial charge in [0, 0.05) is 12.8 Å². The van der Waals surface area contributed by atoms with E-state index >= 15 is 0 Å². The third kappa shape index (κ3) is 34.2. The van der Waals surface area contributed by atoms with Gasteiger partial charge in [-0.05, 0) is 30.9 Å². The number of hydrogen-bond acceptors (Lipinski definition) is 8. The first kappa shape index (κ1) is 57.6. The first-order valence-electron chi connectivity index (χ1n) is 25.1. The van der Waals surface area contributed by atoms with Crippen molar-refractivity contribution in [2.45, 2.75) is 283 Å². The fourth-order valence-corrected chi connectivity index (χ4v) is 8.19. The van der Waals surface area contributed by atoms with E-state index in [-0.39, 0.29) is 18.9 Å². The first-order chi connectivity index (χ1) is 28.3. The molecule has 1 aliphatic heterocycles. The van der Waals surface area contributed by atoms with Gasteiger partial charge >= 0.3 is 0 Å². The van der Waals surface area contributed by atoms with Crippen molar-refractivity contribution in [2.24, 2.45) is 5.92 Å². The Balaban J connectivity index is 0.0000160. The van der Waals surface area contributed by atoms with Gasteiger partial charge in [-0.2, -0.15) is 12.6 Å². The smallest absolute Gasteiger partial charge is 0.220 e. The summed E-state index contributed by atoms with van der Waals surface area (Å²) in [5.41, 5.74) is 0. The van der Waals surface area contributed by atoms with Crippen molar-refractivity contribution in [1.29, 1.82) is 0 Å². The lowest BCUT2D eigenvalue weighted by Gasteiger charge is -2.37. The van der Waals surface area contributed by atoms with Crippen LogP contribution in [0, 0.1) is 5.92 Å². The second kappa shape index (κ2) is 43.2. The number of carbonyl (C=O) groups excluding carboxylic acids is 1. The molecule has 1 saturated heterocycles. The molecule has 8 nitrogen and oxygen atoms in total. The number of amides is 1. The molecular weight excluding hydrogens is 747 g/mol. The van der Waals surface area contributed by atoms with Crippen molar-refractivity contribution in [2.75, 3.05) is 19.0 Å². The topological polar surface area (TPSA) is 128 Å². The van der Waals surface area contributed by atoms with Gasteiger partial charge in [-0.1, -0.05) is 214 Å². The number of ether oxygens (including phenoxy) is 2. The molecule has 1 aliphatic rings. The van der Waals surface area contributed by atoms with Crippen LogP contribution in [-0.4, -0.2) is 82.0 Å². The predicted molar refractivity (Wildman–Crippen MR) is 249 cm³/mol. The van der Waals surface area contributed by atoms with E-state index in [0.29, 0.717) is 12.8 Å². The summed E-state index contributed by atoms with van der Waals surface area (Å²) in [6.07, 6.45) is 36.1. The number of nitrogens with one attached hydrogen (secondary N) is 1. The maximum Gasteiger partial charge on any atom is 0.220 e. The number of rotatable bonds is 41. The largest absolute Gasteiger partial charge is 0.394 e. The summed E-state index contributed by atoms with van der Waals surface area (Å²) >= 11 is 4.38. The Morgan fingerprint density at radius 3 is 1.48 bits per heavy atom. The molecule has 0 aromatic heterocycles. The van der Waals surface area contributed by atoms with Crippen LogP contribution >= 0.6 is 12.6 Å². The Hall–Kier alpha value is -0.420. The molecule has 1 rings (SSSR count). The van der Waals surface area contributed by atoms with Gasteiger partial charge in [0.1, 0.15) is 12.2 Å². The van der Waals surface area contributed by atoms with Crippen LogP contribution < -0.4 is 5.32 Å². The monoisotopic (exact) mass is 846 g/mol. The fraction of sp³-hybridized carbons (Fsp3) is 0.980. The third-order valence-electron chi connectivity index (χ3n) is 12.0. The van der Waals surface area contributed by atoms with E-state index in [9.17, 15) is 25.2 Å². The van der Waals surface area contributed by atoms with Gasteiger partial charge in [0.05, 0.1) is 31.5 Å². The van der Waals surface area contributed by atoms with Crippen LogP contribution in [0.3, 0.4) is 0 Å². The predicted octanol–water partition coefficient (Wildman–Crippen LogP) is 12.2. The molecule has 6 unspecified atom stereocenters. The van der Waals surface area contributed by atoms with E-state index in [1.54, 1.807) is 0 Å². The molecule has 0 aliphatic carbocycles. The number of thiol groups is 1. The molecule has 5 N–H and O–H groups in total. The Kier molecular flexibility index (Phi) is 42.9. The highest BCUT2D eigenvalue weighted by molar-refractivity contribution is 7.80. The number of aliphatic hydroxyl groups is 4. The van der Waals surface area contributed by atoms with Gasteiger partial charge < -0.3 is 35.2 Å². The molecule has 0 aromatic rings. The lowest BCUT2D eigenvalue weighted by atomic mass is 10.0. The highest BCUT2D eigenvalue weighted by atomic mass is 32.1. The standard InChI is InChI=1S/C47H93NO7S.C2H6/c1-3-4-5-6-7-8-9-10-11-12-13-14-15-16-17-18-23-26-29-32-35-45(52)48-41(38-54-46-36-43(51)47(53)44(37-49)55-46)42(50)34-31-28-25-22-20-19-21-24-27-30-33-40(2)39-56;1-2/h40-44,46-47,49-51,53,56H,3-39H2,1-2H3,(H,48,52);1-2H3/t40?,41-,42?,43?,44?,46?,47?;/m0./s1. The van der Waals surface area contributed by atoms with Crippen molar-refractivity contribution in [3.8, 4) is 0 Å². The molecule has 1 amide bonds. The van der Waals surface area contributed by atoms with Crippen molar-refractivity contribution in [1.82, 2.24) is 5.32 Å². The minimum atomic E-state index is -1.18. The summed E-state index contributed by atoms with van der Waals surface area (Å²) in [4.78, 5) is 13.0. The van der Waals surface area contributed by atoms with Crippen molar-refractivity contribution in [3.05, 3.63) is 0 Å². The lowest BCUT2D eigenvalue weighted by molar-refractivity contribution is -0.259. The number of aliphatic hydroxyl groups excluding tert-OH is 4. The zero-order valence-corrected chi connectivity index (χ0v) is 39.6. The zero-order chi connectivity index (χ0) is 42.9. The maximum atomic E-state index is 13.0. The Morgan fingerprint density at radius 2 is 1.07 bits per heavy atom. The van der Waals surface area contributed by atoms with Crippen LogP contribution in [-0.2, 0) is 14.3 Å². The van der Waals surface area contributed by atoms with Crippen molar-refractivity contribution < 1.29 is 34.7 Å². The summed E-state index contributed by atoms with van der Waals surface area (Å²) < 4.78 is 11.5. The third-order valence-corrected chi connectivity index (χ3v) is 12.6. The zero-order valence-electron chi connectivity index (χ0n) is 38.7. The molecule has 0 radical (unpaired) electrons. The molecule has 1 fully saturated rings. The highest BCUT2D eigenvalue weighted by Crippen LogP contribution is 2.22. The first-order valence-corrected chi connectivity index (χ1v) is 25.8. The van der Waals surface area contributed by atoms with E-state index in [1.807, 2.05) is 13.8 Å². The summed E-state index contributed by atoms with van der Waals surface area (Å²) in [6.45, 7) is 8.16. The van der Waals surface area contributed by atoms with Gasteiger partial charge in [0.25, 0.3) is 0 Å². The van der Waals surface area contributed by atoms with Gasteiger partial charge in [-0.3, -0.25) is 4.79 Å². The quantitative estimate of drug-likeness (QED) is 0.0267. The molecule has 9 heteroatoms. The molecule has 348 valence electrons. The Morgan fingerprint density at radius 1 is 0.672 bits per heavy atom. The normalized spacial score (nSPS) is 19.7. The van der Waals surface area contributed by atoms with Crippen LogP contribution in [0.25, 0.3) is 0 Å². The average Bonchev–Trinajstić information content (AvgIpc) is 3.23. The van der Waals surface area contributed by atoms with Crippen LogP contribution in [0.2, 0.25) is 0 Å². The van der Waals surface area contributed by atoms with Gasteiger partial charge in [0.2, 0.25) is 5.91 Å². The van der Waals surface area contributed by atoms with E-state index in [2.05, 4.69) is 31.8 Å². The Bertz CT molecular complexity index is 854. The van der Waals surface area contributed by atoms with Crippen molar-refractivity contribution >= 4 is 18.5 Å². The minimum Gasteiger partial charge on any atom is -0.394 e. The van der Waals surface area contributed by atoms with Gasteiger partial charge in [-0.15, -0.1) is 0 Å². The van der Waals surface area contributed by atoms with Gasteiger partial charge in [-0.25, -0.2) is 0 Å². The van der Waals surface area contributed by atoms with E-state index in [0.717, 1.165) is 50.2 Å². The van der Waals surface area contributed by atoms with Crippen LogP contribution in [0.5, 0.6) is 0 Å². The summed E-state index contributed by atoms with van der Waals surface area (Å²) in [7, 11) is 0. The van der Waals surface area contributed by atoms with Crippen molar-refractivity contribution in [3.63, 3.8) is 0 Å². The SMILES string of the molecule is CC.CCCCCCCCCCCCCCCCCCCCCCC(=O)N[C@@H](COC1CC(O)C(O)C(CO)O1)C(O)CCCCCCCCCCCCC(C)CS. The van der Waals surface area contributed by atoms with Crippen LogP contribution in [0.4, 0.5) is 0 Å². The Labute approximate surface area is 365 Å². The number of unbranched alkanes of at least 4 members (excludes halogenated alkanes) is 28. The lowest BCUT2D eigenvalue weighted by Crippen LogP contribution is -2.52. The minimum absolute atomic E-state index is 0.0331. The molecule has 0 spiro atoms. The number of carbonyl (C=O) groups is 1. The molecular formula is C49H99NO7S. The molecule has 0 saturated carbocycles. The summed E-state index contributed by atoms with van der Waals surface area (Å²) in [5, 5.41) is 44.0. The van der Waals surface area contributed by atoms with Crippen LogP contribution in [0.15, 0.2) is 0 Å². The average molecular weight is 846 g/mol. The molecule has 0 bridgehead atoms. The van der Waals surface area contributed by atoms with Crippen LogP contribution in [0.1, 0.15) is 246 Å². The molecule has 0 aromatic carbocycles.